The first-order chi connectivity index (χ1) is 39.5. The Morgan fingerprint density at radius 2 is 0.800 bits per heavy atom. The summed E-state index contributed by atoms with van der Waals surface area (Å²) < 4.78 is 2.39. The molecule has 0 bridgehead atoms. The number of rotatable bonds is 13. The lowest BCUT2D eigenvalue weighted by Gasteiger charge is -2.34. The number of benzene rings is 12. The van der Waals surface area contributed by atoms with Crippen molar-refractivity contribution in [1.29, 1.82) is 0 Å². The highest BCUT2D eigenvalue weighted by atomic mass is 15.1. The Balaban J connectivity index is 0.840. The van der Waals surface area contributed by atoms with Crippen LogP contribution in [-0.2, 0) is 11.8 Å². The second-order valence-corrected chi connectivity index (χ2v) is 21.0. The molecule has 1 unspecified atom stereocenters. The Morgan fingerprint density at radius 1 is 0.338 bits per heavy atom. The van der Waals surface area contributed by atoms with E-state index in [0.29, 0.717) is 0 Å². The summed E-state index contributed by atoms with van der Waals surface area (Å²) in [4.78, 5) is 2.42. The van der Waals surface area contributed by atoms with Crippen molar-refractivity contribution in [3.05, 3.63) is 338 Å². The fourth-order valence-corrected chi connectivity index (χ4v) is 12.5. The van der Waals surface area contributed by atoms with Crippen LogP contribution in [0.1, 0.15) is 33.4 Å². The molecule has 0 aliphatic heterocycles. The van der Waals surface area contributed by atoms with Crippen molar-refractivity contribution in [2.45, 2.75) is 11.8 Å². The molecule has 0 N–H and O–H groups in total. The van der Waals surface area contributed by atoms with Gasteiger partial charge in [-0.2, -0.15) is 0 Å². The van der Waals surface area contributed by atoms with Crippen molar-refractivity contribution in [3.8, 4) is 61.3 Å². The van der Waals surface area contributed by atoms with Gasteiger partial charge in [-0.15, -0.1) is 0 Å². The van der Waals surface area contributed by atoms with Crippen LogP contribution < -0.4 is 4.90 Å². The molecule has 0 saturated carbocycles. The standard InChI is InChI=1S/C78H56N2/c1-3-54-27-29-61(30-28-54)63-39-47-76-72(50-63)73-51-64(40-48-77(73)80(76)66-23-12-7-13-24-66)62-33-31-58(32-34-62)60-37-43-68(44-38-60)79(67-41-35-59(36-42-67)57-19-8-5-9-20-57)69-45-46-71-70-25-14-15-26-74(70)78(75(71)52-69,65-21-10-6-11-22-65)53-56-18-16-17-55(4-2)49-56/h3-52H,1-2,53H2. The molecule has 0 radical (unpaired) electrons. The Hall–Kier alpha value is -10.3. The third-order valence-electron chi connectivity index (χ3n) is 16.5. The van der Waals surface area contributed by atoms with Gasteiger partial charge in [0.25, 0.3) is 0 Å². The molecule has 2 heteroatoms. The van der Waals surface area contributed by atoms with Crippen LogP contribution in [0.3, 0.4) is 0 Å². The summed E-state index contributed by atoms with van der Waals surface area (Å²) in [6.07, 6.45) is 4.64. The average Bonchev–Trinajstić information content (AvgIpc) is 4.06. The SMILES string of the molecule is C=Cc1ccc(-c2ccc3c(c2)c2cc(-c4ccc(-c5ccc(N(c6ccc(-c7ccccc7)cc6)c6ccc7c(c6)C(Cc6cccc(C=C)c6)(c6ccccc6)c6ccccc6-7)cc5)cc4)ccc2n3-c2ccccc2)cc1. The summed E-state index contributed by atoms with van der Waals surface area (Å²) >= 11 is 0. The number of hydrogen-bond donors (Lipinski definition) is 0. The second kappa shape index (κ2) is 20.3. The summed E-state index contributed by atoms with van der Waals surface area (Å²) in [5.74, 6) is 0. The minimum absolute atomic E-state index is 0.447. The van der Waals surface area contributed by atoms with Crippen molar-refractivity contribution in [2.24, 2.45) is 0 Å². The molecule has 0 fully saturated rings. The maximum absolute atomic E-state index is 4.13. The smallest absolute Gasteiger partial charge is 0.0541 e. The molecule has 1 aliphatic carbocycles. The first-order valence-corrected chi connectivity index (χ1v) is 27.6. The molecule has 12 aromatic carbocycles. The normalized spacial score (nSPS) is 13.4. The average molecular weight is 1020 g/mol. The zero-order valence-corrected chi connectivity index (χ0v) is 44.4. The second-order valence-electron chi connectivity index (χ2n) is 21.0. The van der Waals surface area contributed by atoms with E-state index in [1.54, 1.807) is 0 Å². The van der Waals surface area contributed by atoms with Crippen LogP contribution in [0.15, 0.2) is 304 Å². The van der Waals surface area contributed by atoms with Gasteiger partial charge in [0.15, 0.2) is 0 Å². The maximum Gasteiger partial charge on any atom is 0.0541 e. The monoisotopic (exact) mass is 1020 g/mol. The van der Waals surface area contributed by atoms with Crippen LogP contribution in [-0.4, -0.2) is 4.57 Å². The Kier molecular flexibility index (Phi) is 12.2. The van der Waals surface area contributed by atoms with Crippen LogP contribution in [0, 0.1) is 0 Å². The van der Waals surface area contributed by atoms with E-state index in [4.69, 9.17) is 0 Å². The molecule has 13 aromatic rings. The molecule has 378 valence electrons. The molecule has 0 saturated heterocycles. The summed E-state index contributed by atoms with van der Waals surface area (Å²) in [5, 5.41) is 2.45. The summed E-state index contributed by atoms with van der Waals surface area (Å²) in [6.45, 7) is 8.09. The van der Waals surface area contributed by atoms with Gasteiger partial charge in [0.2, 0.25) is 0 Å². The van der Waals surface area contributed by atoms with Gasteiger partial charge in [-0.3, -0.25) is 0 Å². The molecule has 1 aromatic heterocycles. The lowest BCUT2D eigenvalue weighted by atomic mass is 9.68. The van der Waals surface area contributed by atoms with Crippen LogP contribution in [0.25, 0.3) is 95.3 Å². The lowest BCUT2D eigenvalue weighted by Crippen LogP contribution is -2.30. The van der Waals surface area contributed by atoms with Crippen molar-refractivity contribution >= 4 is 51.0 Å². The van der Waals surface area contributed by atoms with E-state index in [1.165, 1.54) is 88.6 Å². The minimum atomic E-state index is -0.447. The summed E-state index contributed by atoms with van der Waals surface area (Å²) in [7, 11) is 0. The molecule has 1 atom stereocenters. The number of aromatic nitrogens is 1. The van der Waals surface area contributed by atoms with Crippen LogP contribution in [0.4, 0.5) is 17.1 Å². The highest BCUT2D eigenvalue weighted by Gasteiger charge is 2.45. The number of hydrogen-bond acceptors (Lipinski definition) is 1. The maximum atomic E-state index is 4.13. The molecular formula is C78H56N2. The van der Waals surface area contributed by atoms with Gasteiger partial charge in [0.1, 0.15) is 0 Å². The Morgan fingerprint density at radius 3 is 1.39 bits per heavy atom. The number of para-hydroxylation sites is 1. The van der Waals surface area contributed by atoms with Crippen molar-refractivity contribution in [1.82, 2.24) is 4.57 Å². The van der Waals surface area contributed by atoms with E-state index in [-0.39, 0.29) is 0 Å². The van der Waals surface area contributed by atoms with E-state index < -0.39 is 5.41 Å². The quantitative estimate of drug-likeness (QED) is 0.112. The predicted molar refractivity (Wildman–Crippen MR) is 339 cm³/mol. The Bertz CT molecular complexity index is 4420. The van der Waals surface area contributed by atoms with Gasteiger partial charge >= 0.3 is 0 Å². The largest absolute Gasteiger partial charge is 0.310 e. The fourth-order valence-electron chi connectivity index (χ4n) is 12.5. The zero-order valence-electron chi connectivity index (χ0n) is 44.4. The van der Waals surface area contributed by atoms with Gasteiger partial charge < -0.3 is 9.47 Å². The highest BCUT2D eigenvalue weighted by molar-refractivity contribution is 6.11. The molecule has 2 nitrogen and oxygen atoms in total. The fraction of sp³-hybridized carbons (Fsp3) is 0.0256. The molecule has 80 heavy (non-hydrogen) atoms. The Labute approximate surface area is 468 Å². The zero-order chi connectivity index (χ0) is 53.6. The van der Waals surface area contributed by atoms with Crippen molar-refractivity contribution in [2.75, 3.05) is 4.90 Å². The number of fused-ring (bicyclic) bond motifs is 6. The van der Waals surface area contributed by atoms with E-state index in [0.717, 1.165) is 51.4 Å². The predicted octanol–water partition coefficient (Wildman–Crippen LogP) is 20.8. The third kappa shape index (κ3) is 8.46. The first-order valence-electron chi connectivity index (χ1n) is 27.6. The molecule has 0 amide bonds. The topological polar surface area (TPSA) is 8.17 Å². The van der Waals surface area contributed by atoms with Gasteiger partial charge in [0, 0.05) is 33.5 Å². The number of nitrogens with zero attached hydrogens (tertiary/aromatic N) is 2. The molecule has 14 rings (SSSR count). The van der Waals surface area contributed by atoms with Gasteiger partial charge in [-0.05, 0) is 168 Å². The van der Waals surface area contributed by atoms with Crippen molar-refractivity contribution < 1.29 is 0 Å². The van der Waals surface area contributed by atoms with E-state index in [1.807, 2.05) is 12.2 Å². The summed E-state index contributed by atoms with van der Waals surface area (Å²) in [6, 6.07) is 107. The highest BCUT2D eigenvalue weighted by Crippen LogP contribution is 2.56. The summed E-state index contributed by atoms with van der Waals surface area (Å²) in [5.41, 5.74) is 25.7. The van der Waals surface area contributed by atoms with E-state index >= 15 is 0 Å². The van der Waals surface area contributed by atoms with Crippen LogP contribution >= 0.6 is 0 Å². The first kappa shape index (κ1) is 48.1. The molecule has 1 aliphatic rings. The van der Waals surface area contributed by atoms with Gasteiger partial charge in [-0.1, -0.05) is 244 Å². The van der Waals surface area contributed by atoms with Gasteiger partial charge in [0.05, 0.1) is 16.4 Å². The molecule has 1 heterocycles. The van der Waals surface area contributed by atoms with Crippen LogP contribution in [0.5, 0.6) is 0 Å². The van der Waals surface area contributed by atoms with Crippen molar-refractivity contribution in [3.63, 3.8) is 0 Å². The lowest BCUT2D eigenvalue weighted by molar-refractivity contribution is 0.629. The molecule has 0 spiro atoms. The van der Waals surface area contributed by atoms with Crippen LogP contribution in [0.2, 0.25) is 0 Å². The van der Waals surface area contributed by atoms with E-state index in [9.17, 15) is 0 Å². The third-order valence-corrected chi connectivity index (χ3v) is 16.5. The van der Waals surface area contributed by atoms with E-state index in [2.05, 4.69) is 314 Å². The minimum Gasteiger partial charge on any atom is -0.310 e. The number of anilines is 3. The van der Waals surface area contributed by atoms with Gasteiger partial charge in [-0.25, -0.2) is 0 Å². The molecular weight excluding hydrogens is 965 g/mol.